The van der Waals surface area contributed by atoms with E-state index in [9.17, 15) is 9.59 Å². The molecular formula is C27H23BrN2O6. The van der Waals surface area contributed by atoms with Crippen LogP contribution in [0.15, 0.2) is 77.3 Å². The standard InChI is InChI=1S/C27H23BrN2O6/c1-33-22-15-17(13-14-21(22)36-16-18-9-7-8-12-20(18)28)24-23(26(31)34-2)25(27(32)35-3)30(29-24)19-10-5-4-6-11-19/h4-15H,16H2,1-3H3. The van der Waals surface area contributed by atoms with Crippen LogP contribution in [0.1, 0.15) is 26.4 Å². The van der Waals surface area contributed by atoms with E-state index in [0.717, 1.165) is 10.0 Å². The van der Waals surface area contributed by atoms with Gasteiger partial charge in [-0.2, -0.15) is 5.10 Å². The van der Waals surface area contributed by atoms with Crippen molar-refractivity contribution >= 4 is 27.9 Å². The van der Waals surface area contributed by atoms with Crippen LogP contribution in [0.3, 0.4) is 0 Å². The molecule has 9 heteroatoms. The summed E-state index contributed by atoms with van der Waals surface area (Å²) in [6.07, 6.45) is 0. The Kier molecular flexibility index (Phi) is 7.70. The number of esters is 2. The SMILES string of the molecule is COC(=O)c1c(-c2ccc(OCc3ccccc3Br)c(OC)c2)nn(-c2ccccc2)c1C(=O)OC. The number of ether oxygens (including phenoxy) is 4. The van der Waals surface area contributed by atoms with E-state index in [-0.39, 0.29) is 17.0 Å². The molecule has 1 aromatic heterocycles. The van der Waals surface area contributed by atoms with Crippen LogP contribution >= 0.6 is 15.9 Å². The number of hydrogen-bond acceptors (Lipinski definition) is 7. The van der Waals surface area contributed by atoms with Crippen LogP contribution in [0.5, 0.6) is 11.5 Å². The highest BCUT2D eigenvalue weighted by Crippen LogP contribution is 2.36. The fourth-order valence-corrected chi connectivity index (χ4v) is 4.06. The smallest absolute Gasteiger partial charge is 0.357 e. The highest BCUT2D eigenvalue weighted by Gasteiger charge is 2.31. The molecule has 0 unspecified atom stereocenters. The molecule has 0 spiro atoms. The van der Waals surface area contributed by atoms with Crippen LogP contribution in [-0.4, -0.2) is 43.0 Å². The number of hydrogen-bond donors (Lipinski definition) is 0. The molecule has 0 amide bonds. The van der Waals surface area contributed by atoms with Gasteiger partial charge in [0, 0.05) is 15.6 Å². The van der Waals surface area contributed by atoms with Gasteiger partial charge in [0.1, 0.15) is 17.9 Å². The number of halogens is 1. The summed E-state index contributed by atoms with van der Waals surface area (Å²) >= 11 is 3.52. The zero-order valence-corrected chi connectivity index (χ0v) is 21.4. The molecule has 0 saturated carbocycles. The molecule has 184 valence electrons. The normalized spacial score (nSPS) is 10.6. The van der Waals surface area contributed by atoms with Crippen molar-refractivity contribution in [1.29, 1.82) is 0 Å². The Bertz CT molecular complexity index is 1400. The first kappa shape index (κ1) is 25.0. The Morgan fingerprint density at radius 2 is 1.56 bits per heavy atom. The molecular weight excluding hydrogens is 528 g/mol. The quantitative estimate of drug-likeness (QED) is 0.269. The molecule has 4 rings (SSSR count). The molecule has 8 nitrogen and oxygen atoms in total. The van der Waals surface area contributed by atoms with E-state index in [1.54, 1.807) is 42.5 Å². The third-order valence-corrected chi connectivity index (χ3v) is 6.21. The predicted molar refractivity (Wildman–Crippen MR) is 137 cm³/mol. The van der Waals surface area contributed by atoms with E-state index >= 15 is 0 Å². The van der Waals surface area contributed by atoms with Gasteiger partial charge in [0.05, 0.1) is 27.0 Å². The fourth-order valence-electron chi connectivity index (χ4n) is 3.66. The maximum absolute atomic E-state index is 12.9. The molecule has 0 aliphatic heterocycles. The second-order valence-corrected chi connectivity index (χ2v) is 8.40. The third-order valence-electron chi connectivity index (χ3n) is 5.43. The molecule has 1 heterocycles. The summed E-state index contributed by atoms with van der Waals surface area (Å²) in [4.78, 5) is 25.6. The zero-order valence-electron chi connectivity index (χ0n) is 19.9. The number of methoxy groups -OCH3 is 3. The van der Waals surface area contributed by atoms with E-state index in [0.29, 0.717) is 29.4 Å². The van der Waals surface area contributed by atoms with Crippen molar-refractivity contribution < 1.29 is 28.5 Å². The number of nitrogens with zero attached hydrogens (tertiary/aromatic N) is 2. The number of para-hydroxylation sites is 1. The minimum absolute atomic E-state index is 0.0165. The van der Waals surface area contributed by atoms with Crippen molar-refractivity contribution in [2.45, 2.75) is 6.61 Å². The third kappa shape index (κ3) is 4.96. The first-order chi connectivity index (χ1) is 17.5. The lowest BCUT2D eigenvalue weighted by Gasteiger charge is -2.13. The molecule has 0 aliphatic rings. The van der Waals surface area contributed by atoms with Gasteiger partial charge in [-0.15, -0.1) is 0 Å². The van der Waals surface area contributed by atoms with Crippen LogP contribution < -0.4 is 9.47 Å². The number of carbonyl (C=O) groups is 2. The lowest BCUT2D eigenvalue weighted by atomic mass is 10.0. The van der Waals surface area contributed by atoms with Crippen molar-refractivity contribution in [2.24, 2.45) is 0 Å². The number of aromatic nitrogens is 2. The average Bonchev–Trinajstić information content (AvgIpc) is 3.33. The highest BCUT2D eigenvalue weighted by atomic mass is 79.9. The Balaban J connectivity index is 1.81. The van der Waals surface area contributed by atoms with Gasteiger partial charge in [-0.25, -0.2) is 14.3 Å². The molecule has 0 aliphatic carbocycles. The predicted octanol–water partition coefficient (Wildman–Crippen LogP) is 5.46. The molecule has 0 bridgehead atoms. The molecule has 0 atom stereocenters. The molecule has 36 heavy (non-hydrogen) atoms. The van der Waals surface area contributed by atoms with E-state index in [2.05, 4.69) is 21.0 Å². The number of carbonyl (C=O) groups excluding carboxylic acids is 2. The van der Waals surface area contributed by atoms with E-state index in [4.69, 9.17) is 18.9 Å². The monoisotopic (exact) mass is 550 g/mol. The maximum atomic E-state index is 12.9. The van der Waals surface area contributed by atoms with Crippen LogP contribution in [-0.2, 0) is 16.1 Å². The lowest BCUT2D eigenvalue weighted by Crippen LogP contribution is -2.15. The van der Waals surface area contributed by atoms with Gasteiger partial charge in [-0.3, -0.25) is 0 Å². The first-order valence-corrected chi connectivity index (χ1v) is 11.7. The summed E-state index contributed by atoms with van der Waals surface area (Å²) in [5.74, 6) is -0.504. The zero-order chi connectivity index (χ0) is 25.7. The molecule has 4 aromatic rings. The van der Waals surface area contributed by atoms with E-state index in [1.807, 2.05) is 30.3 Å². The van der Waals surface area contributed by atoms with Gasteiger partial charge < -0.3 is 18.9 Å². The second kappa shape index (κ2) is 11.1. The summed E-state index contributed by atoms with van der Waals surface area (Å²) < 4.78 is 23.8. The minimum Gasteiger partial charge on any atom is -0.493 e. The highest BCUT2D eigenvalue weighted by molar-refractivity contribution is 9.10. The fraction of sp³-hybridized carbons (Fsp3) is 0.148. The van der Waals surface area contributed by atoms with Crippen molar-refractivity contribution in [3.63, 3.8) is 0 Å². The number of rotatable bonds is 8. The Morgan fingerprint density at radius 1 is 0.861 bits per heavy atom. The molecule has 0 saturated heterocycles. The van der Waals surface area contributed by atoms with Gasteiger partial charge in [0.25, 0.3) is 0 Å². The summed E-state index contributed by atoms with van der Waals surface area (Å²) in [6, 6.07) is 21.9. The minimum atomic E-state index is -0.724. The van der Waals surface area contributed by atoms with Gasteiger partial charge >= 0.3 is 11.9 Å². The van der Waals surface area contributed by atoms with E-state index in [1.165, 1.54) is 26.0 Å². The van der Waals surface area contributed by atoms with Crippen molar-refractivity contribution in [3.05, 3.63) is 94.1 Å². The lowest BCUT2D eigenvalue weighted by molar-refractivity contribution is 0.0549. The van der Waals surface area contributed by atoms with Crippen LogP contribution in [0.2, 0.25) is 0 Å². The van der Waals surface area contributed by atoms with Gasteiger partial charge in [0.2, 0.25) is 0 Å². The second-order valence-electron chi connectivity index (χ2n) is 7.55. The molecule has 0 fully saturated rings. The summed E-state index contributed by atoms with van der Waals surface area (Å²) in [7, 11) is 4.01. The van der Waals surface area contributed by atoms with E-state index < -0.39 is 11.9 Å². The Hall–Kier alpha value is -4.11. The van der Waals surface area contributed by atoms with Crippen molar-refractivity contribution in [1.82, 2.24) is 9.78 Å². The number of benzene rings is 3. The molecule has 0 radical (unpaired) electrons. The largest absolute Gasteiger partial charge is 0.493 e. The topological polar surface area (TPSA) is 88.9 Å². The van der Waals surface area contributed by atoms with Crippen LogP contribution in [0, 0.1) is 0 Å². The van der Waals surface area contributed by atoms with Crippen LogP contribution in [0.4, 0.5) is 0 Å². The Labute approximate surface area is 216 Å². The van der Waals surface area contributed by atoms with Crippen molar-refractivity contribution in [2.75, 3.05) is 21.3 Å². The van der Waals surface area contributed by atoms with Gasteiger partial charge in [-0.1, -0.05) is 52.3 Å². The molecule has 3 aromatic carbocycles. The molecule has 0 N–H and O–H groups in total. The summed E-state index contributed by atoms with van der Waals surface area (Å²) in [5.41, 5.74) is 2.26. The van der Waals surface area contributed by atoms with Gasteiger partial charge in [0.15, 0.2) is 17.2 Å². The summed E-state index contributed by atoms with van der Waals surface area (Å²) in [6.45, 7) is 0.319. The maximum Gasteiger partial charge on any atom is 0.357 e. The van der Waals surface area contributed by atoms with Gasteiger partial charge in [-0.05, 0) is 36.4 Å². The van der Waals surface area contributed by atoms with Crippen molar-refractivity contribution in [3.8, 4) is 28.4 Å². The average molecular weight is 551 g/mol. The first-order valence-electron chi connectivity index (χ1n) is 10.9. The Morgan fingerprint density at radius 3 is 2.22 bits per heavy atom. The summed E-state index contributed by atoms with van der Waals surface area (Å²) in [5, 5.41) is 4.61. The van der Waals surface area contributed by atoms with Crippen LogP contribution in [0.25, 0.3) is 16.9 Å².